The zero-order valence-electron chi connectivity index (χ0n) is 15.4. The fourth-order valence-corrected chi connectivity index (χ4v) is 4.81. The third-order valence-corrected chi connectivity index (χ3v) is 6.23. The Hall–Kier alpha value is -2.91. The Morgan fingerprint density at radius 2 is 2.18 bits per heavy atom. The molecule has 0 spiro atoms. The van der Waals surface area contributed by atoms with Crippen LogP contribution in [0.2, 0.25) is 0 Å². The largest absolute Gasteiger partial charge is 0.345 e. The average molecular weight is 411 g/mol. The molecule has 4 aromatic heterocycles. The van der Waals surface area contributed by atoms with E-state index in [9.17, 15) is 4.79 Å². The number of carbonyl (C=O) groups excluding carboxylic acids is 1. The maximum atomic E-state index is 12.8. The molecule has 7 nitrogen and oxygen atoms in total. The highest BCUT2D eigenvalue weighted by atomic mass is 32.1. The Morgan fingerprint density at radius 1 is 1.32 bits per heavy atom. The van der Waals surface area contributed by atoms with Gasteiger partial charge in [0.1, 0.15) is 21.0 Å². The second kappa shape index (κ2) is 7.61. The molecule has 2 N–H and O–H groups in total. The van der Waals surface area contributed by atoms with Crippen LogP contribution in [-0.4, -0.2) is 31.0 Å². The van der Waals surface area contributed by atoms with Gasteiger partial charge in [0.05, 0.1) is 17.8 Å². The summed E-state index contributed by atoms with van der Waals surface area (Å²) in [5.41, 5.74) is 3.38. The van der Waals surface area contributed by atoms with E-state index in [1.54, 1.807) is 17.5 Å². The van der Waals surface area contributed by atoms with Crippen LogP contribution in [0.1, 0.15) is 37.3 Å². The number of aryl methyl sites for hydroxylation is 2. The molecule has 142 valence electrons. The first-order valence-corrected chi connectivity index (χ1v) is 10.2. The Balaban J connectivity index is 1.61. The molecule has 0 bridgehead atoms. The first-order chi connectivity index (χ1) is 13.6. The SMILES string of the molecule is Cc1cccc(CNC(=O)c2c(C=N)c3nc(Cc4ccns4)sc3n2C)n1. The summed E-state index contributed by atoms with van der Waals surface area (Å²) >= 11 is 2.99. The van der Waals surface area contributed by atoms with E-state index in [0.29, 0.717) is 29.7 Å². The summed E-state index contributed by atoms with van der Waals surface area (Å²) < 4.78 is 5.94. The molecule has 0 atom stereocenters. The number of hydrogen-bond acceptors (Lipinski definition) is 7. The van der Waals surface area contributed by atoms with Gasteiger partial charge in [-0.1, -0.05) is 6.07 Å². The van der Waals surface area contributed by atoms with Crippen LogP contribution in [0.5, 0.6) is 0 Å². The van der Waals surface area contributed by atoms with Crippen LogP contribution in [0.15, 0.2) is 30.5 Å². The maximum absolute atomic E-state index is 12.8. The second-order valence-corrected chi connectivity index (χ2v) is 8.32. The van der Waals surface area contributed by atoms with Crippen molar-refractivity contribution in [2.75, 3.05) is 0 Å². The van der Waals surface area contributed by atoms with Crippen molar-refractivity contribution >= 4 is 45.3 Å². The smallest absolute Gasteiger partial charge is 0.269 e. The van der Waals surface area contributed by atoms with Crippen molar-refractivity contribution in [2.45, 2.75) is 19.9 Å². The van der Waals surface area contributed by atoms with Crippen molar-refractivity contribution in [2.24, 2.45) is 7.05 Å². The van der Waals surface area contributed by atoms with Crippen LogP contribution in [0.25, 0.3) is 10.3 Å². The second-order valence-electron chi connectivity index (χ2n) is 6.34. The van der Waals surface area contributed by atoms with Crippen LogP contribution in [-0.2, 0) is 20.0 Å². The number of rotatable bonds is 6. The van der Waals surface area contributed by atoms with Gasteiger partial charge in [-0.3, -0.25) is 9.78 Å². The third kappa shape index (κ3) is 3.46. The zero-order valence-corrected chi connectivity index (χ0v) is 17.0. The van der Waals surface area contributed by atoms with Gasteiger partial charge < -0.3 is 15.3 Å². The molecule has 4 heterocycles. The van der Waals surface area contributed by atoms with E-state index in [1.165, 1.54) is 17.7 Å². The molecule has 0 fully saturated rings. The summed E-state index contributed by atoms with van der Waals surface area (Å²) in [6.45, 7) is 2.25. The number of thiazole rings is 1. The Kier molecular flexibility index (Phi) is 5.01. The molecule has 4 rings (SSSR count). The number of nitrogens with one attached hydrogen (secondary N) is 2. The van der Waals surface area contributed by atoms with Crippen LogP contribution in [0.4, 0.5) is 0 Å². The number of fused-ring (bicyclic) bond motifs is 1. The highest BCUT2D eigenvalue weighted by Crippen LogP contribution is 2.30. The molecule has 28 heavy (non-hydrogen) atoms. The molecular formula is C19H18N6OS2. The van der Waals surface area contributed by atoms with Gasteiger partial charge in [-0.25, -0.2) is 9.36 Å². The molecule has 1 amide bonds. The molecule has 9 heteroatoms. The number of pyridine rings is 1. The van der Waals surface area contributed by atoms with Gasteiger partial charge in [-0.15, -0.1) is 11.3 Å². The summed E-state index contributed by atoms with van der Waals surface area (Å²) in [5.74, 6) is -0.237. The number of aromatic nitrogens is 4. The van der Waals surface area contributed by atoms with E-state index in [1.807, 2.05) is 42.8 Å². The van der Waals surface area contributed by atoms with Gasteiger partial charge in [0, 0.05) is 36.5 Å². The predicted octanol–water partition coefficient (Wildman–Crippen LogP) is 3.31. The van der Waals surface area contributed by atoms with Crippen molar-refractivity contribution in [1.82, 2.24) is 24.2 Å². The van der Waals surface area contributed by atoms with Crippen LogP contribution < -0.4 is 5.32 Å². The highest BCUT2D eigenvalue weighted by Gasteiger charge is 2.23. The molecule has 0 saturated carbocycles. The molecule has 0 radical (unpaired) electrons. The lowest BCUT2D eigenvalue weighted by Crippen LogP contribution is -2.26. The summed E-state index contributed by atoms with van der Waals surface area (Å²) in [6, 6.07) is 7.69. The van der Waals surface area contributed by atoms with Crippen LogP contribution in [0.3, 0.4) is 0 Å². The van der Waals surface area contributed by atoms with Crippen molar-refractivity contribution in [3.63, 3.8) is 0 Å². The normalized spacial score (nSPS) is 11.1. The standard InChI is InChI=1S/C19H18N6OS2/c1-11-4-3-5-12(23-11)10-21-18(26)17-14(9-20)16-19(25(17)2)27-15(24-16)8-13-6-7-22-28-13/h3-7,9,20H,8,10H2,1-2H3,(H,21,26). The first kappa shape index (κ1) is 18.5. The number of amides is 1. The summed E-state index contributed by atoms with van der Waals surface area (Å²) in [4.78, 5) is 23.9. The lowest BCUT2D eigenvalue weighted by atomic mass is 10.2. The summed E-state index contributed by atoms with van der Waals surface area (Å²) in [5, 5.41) is 11.7. The number of carbonyl (C=O) groups is 1. The fraction of sp³-hybridized carbons (Fsp3) is 0.211. The Morgan fingerprint density at radius 3 is 2.89 bits per heavy atom. The van der Waals surface area contributed by atoms with Crippen LogP contribution in [0, 0.1) is 12.3 Å². The fourth-order valence-electron chi connectivity index (χ4n) is 3.07. The minimum atomic E-state index is -0.237. The highest BCUT2D eigenvalue weighted by molar-refractivity contribution is 7.18. The lowest BCUT2D eigenvalue weighted by Gasteiger charge is -2.08. The van der Waals surface area contributed by atoms with Gasteiger partial charge >= 0.3 is 0 Å². The van der Waals surface area contributed by atoms with Crippen molar-refractivity contribution < 1.29 is 4.79 Å². The lowest BCUT2D eigenvalue weighted by molar-refractivity contribution is 0.0942. The molecule has 0 aliphatic heterocycles. The molecule has 4 aromatic rings. The van der Waals surface area contributed by atoms with E-state index in [-0.39, 0.29) is 5.91 Å². The van der Waals surface area contributed by atoms with Crippen LogP contribution >= 0.6 is 22.9 Å². The molecule has 0 saturated heterocycles. The van der Waals surface area contributed by atoms with Gasteiger partial charge in [0.2, 0.25) is 0 Å². The van der Waals surface area contributed by atoms with Gasteiger partial charge in [0.15, 0.2) is 0 Å². The third-order valence-electron chi connectivity index (χ3n) is 4.36. The molecule has 0 aliphatic carbocycles. The average Bonchev–Trinajstić information content (AvgIpc) is 3.38. The molecule has 0 aromatic carbocycles. The molecule has 0 unspecified atom stereocenters. The minimum absolute atomic E-state index is 0.237. The molecular weight excluding hydrogens is 392 g/mol. The zero-order chi connectivity index (χ0) is 19.7. The van der Waals surface area contributed by atoms with Crippen molar-refractivity contribution in [3.8, 4) is 0 Å². The summed E-state index contributed by atoms with van der Waals surface area (Å²) in [6.07, 6.45) is 3.70. The quantitative estimate of drug-likeness (QED) is 0.477. The van der Waals surface area contributed by atoms with E-state index in [4.69, 9.17) is 5.41 Å². The minimum Gasteiger partial charge on any atom is -0.345 e. The predicted molar refractivity (Wildman–Crippen MR) is 112 cm³/mol. The topological polar surface area (TPSA) is 96.5 Å². The Labute approximate surface area is 169 Å². The van der Waals surface area contributed by atoms with Gasteiger partial charge in [-0.05, 0) is 36.7 Å². The summed E-state index contributed by atoms with van der Waals surface area (Å²) in [7, 11) is 1.84. The number of hydrogen-bond donors (Lipinski definition) is 2. The van der Waals surface area contributed by atoms with Crippen molar-refractivity contribution in [3.05, 3.63) is 63.0 Å². The molecule has 0 aliphatic rings. The van der Waals surface area contributed by atoms with E-state index < -0.39 is 0 Å². The van der Waals surface area contributed by atoms with Gasteiger partial charge in [-0.2, -0.15) is 0 Å². The monoisotopic (exact) mass is 410 g/mol. The van der Waals surface area contributed by atoms with E-state index in [0.717, 1.165) is 26.1 Å². The van der Waals surface area contributed by atoms with E-state index >= 15 is 0 Å². The first-order valence-electron chi connectivity index (χ1n) is 8.65. The number of nitrogens with zero attached hydrogens (tertiary/aromatic N) is 4. The van der Waals surface area contributed by atoms with Crippen molar-refractivity contribution in [1.29, 1.82) is 5.41 Å². The van der Waals surface area contributed by atoms with Gasteiger partial charge in [0.25, 0.3) is 5.91 Å². The van der Waals surface area contributed by atoms with E-state index in [2.05, 4.69) is 19.7 Å². The Bertz CT molecular complexity index is 1160. The maximum Gasteiger partial charge on any atom is 0.269 e.